The highest BCUT2D eigenvalue weighted by Gasteiger charge is 2.46. The number of carbonyl (C=O) groups is 2. The lowest BCUT2D eigenvalue weighted by Crippen LogP contribution is -2.46. The fourth-order valence-corrected chi connectivity index (χ4v) is 6.08. The zero-order chi connectivity index (χ0) is 28.0. The molecular formula is C28H27F2N3O6. The van der Waals surface area contributed by atoms with Crippen molar-refractivity contribution in [3.8, 4) is 11.4 Å². The number of ether oxygens (including phenoxy) is 1. The number of aryl methyl sites for hydroxylation is 1. The molecule has 1 aromatic carbocycles. The van der Waals surface area contributed by atoms with Gasteiger partial charge in [-0.2, -0.15) is 0 Å². The molecule has 2 aromatic heterocycles. The van der Waals surface area contributed by atoms with E-state index in [-0.39, 0.29) is 30.7 Å². The lowest BCUT2D eigenvalue weighted by Gasteiger charge is -2.31. The molecule has 0 saturated carbocycles. The van der Waals surface area contributed by atoms with Crippen molar-refractivity contribution in [2.24, 2.45) is 0 Å². The minimum Gasteiger partial charge on any atom is -0.458 e. The molecule has 0 saturated heterocycles. The minimum absolute atomic E-state index is 0.0141. The maximum absolute atomic E-state index is 15.0. The molecule has 0 fully saturated rings. The zero-order valence-electron chi connectivity index (χ0n) is 21.7. The van der Waals surface area contributed by atoms with Crippen LogP contribution in [0.1, 0.15) is 66.1 Å². The van der Waals surface area contributed by atoms with Gasteiger partial charge in [-0.25, -0.2) is 18.6 Å². The molecule has 204 valence electrons. The number of alkyl halides is 1. The average Bonchev–Trinajstić information content (AvgIpc) is 3.28. The molecule has 3 unspecified atom stereocenters. The number of esters is 1. The molecule has 9 nitrogen and oxygen atoms in total. The Balaban J connectivity index is 1.62. The van der Waals surface area contributed by atoms with Gasteiger partial charge in [0.1, 0.15) is 12.4 Å². The third kappa shape index (κ3) is 3.42. The van der Waals surface area contributed by atoms with Crippen molar-refractivity contribution in [2.75, 3.05) is 6.61 Å². The summed E-state index contributed by atoms with van der Waals surface area (Å²) < 4.78 is 36.2. The molecule has 1 aliphatic carbocycles. The number of halogens is 2. The van der Waals surface area contributed by atoms with Crippen LogP contribution in [0.5, 0.6) is 0 Å². The standard InChI is InChI=1S/C28H27F2N3O6/c1-4-28(38)16-7-20-23-14(9-33(20)24(35)15(16)10-39-26(28)37)22-18(32-25(36)27(3,30)11-34)6-5-13-12(2)17(29)8-19(31-23)21(13)22/h7-8,18,34,38H,4-6,9-11H2,1-3H3,(H,32,36). The first-order chi connectivity index (χ1) is 18.4. The van der Waals surface area contributed by atoms with Crippen molar-refractivity contribution in [1.29, 1.82) is 0 Å². The Bertz CT molecular complexity index is 1680. The molecule has 6 rings (SSSR count). The van der Waals surface area contributed by atoms with Gasteiger partial charge in [0.2, 0.25) is 5.67 Å². The van der Waals surface area contributed by atoms with E-state index in [1.54, 1.807) is 19.9 Å². The van der Waals surface area contributed by atoms with Crippen LogP contribution >= 0.6 is 0 Å². The van der Waals surface area contributed by atoms with E-state index in [9.17, 15) is 33.4 Å². The van der Waals surface area contributed by atoms with Crippen LogP contribution < -0.4 is 10.9 Å². The number of benzene rings is 1. The number of hydrogen-bond acceptors (Lipinski definition) is 7. The van der Waals surface area contributed by atoms with E-state index in [1.807, 2.05) is 0 Å². The van der Waals surface area contributed by atoms with Crippen molar-refractivity contribution in [3.05, 3.63) is 61.7 Å². The summed E-state index contributed by atoms with van der Waals surface area (Å²) in [5, 5.41) is 23.9. The number of aliphatic hydroxyl groups is 2. The summed E-state index contributed by atoms with van der Waals surface area (Å²) in [5.74, 6) is -2.27. The molecule has 0 radical (unpaired) electrons. The summed E-state index contributed by atoms with van der Waals surface area (Å²) in [7, 11) is 0. The SMILES string of the molecule is CCC1(O)C(=O)OCc2c1cc1n(c2=O)Cc2c-1nc1cc(F)c(C)c3c1c2C(NC(=O)C(C)(F)CO)CC3. The number of aliphatic hydroxyl groups excluding tert-OH is 1. The normalized spacial score (nSPS) is 22.5. The monoisotopic (exact) mass is 539 g/mol. The first-order valence-corrected chi connectivity index (χ1v) is 12.8. The molecule has 0 spiro atoms. The van der Waals surface area contributed by atoms with Crippen LogP contribution in [0.3, 0.4) is 0 Å². The van der Waals surface area contributed by atoms with Gasteiger partial charge in [0.15, 0.2) is 5.60 Å². The number of carbonyl (C=O) groups excluding carboxylic acids is 2. The van der Waals surface area contributed by atoms with Gasteiger partial charge < -0.3 is 24.8 Å². The van der Waals surface area contributed by atoms with Crippen molar-refractivity contribution in [3.63, 3.8) is 0 Å². The van der Waals surface area contributed by atoms with Crippen LogP contribution in [0.4, 0.5) is 8.78 Å². The topological polar surface area (TPSA) is 131 Å². The predicted molar refractivity (Wildman–Crippen MR) is 135 cm³/mol. The Labute approximate surface area is 221 Å². The minimum atomic E-state index is -2.51. The summed E-state index contributed by atoms with van der Waals surface area (Å²) >= 11 is 0. The van der Waals surface area contributed by atoms with E-state index in [0.717, 1.165) is 12.5 Å². The van der Waals surface area contributed by atoms with E-state index in [4.69, 9.17) is 9.72 Å². The molecule has 3 aromatic rings. The second-order valence-corrected chi connectivity index (χ2v) is 10.7. The molecule has 39 heavy (non-hydrogen) atoms. The van der Waals surface area contributed by atoms with Gasteiger partial charge in [0.25, 0.3) is 11.5 Å². The predicted octanol–water partition coefficient (Wildman–Crippen LogP) is 2.35. The second kappa shape index (κ2) is 8.40. The zero-order valence-corrected chi connectivity index (χ0v) is 21.7. The third-order valence-corrected chi connectivity index (χ3v) is 8.45. The Morgan fingerprint density at radius 3 is 2.74 bits per heavy atom. The Morgan fingerprint density at radius 2 is 2.05 bits per heavy atom. The summed E-state index contributed by atoms with van der Waals surface area (Å²) in [6.07, 6.45) is 0.736. The quantitative estimate of drug-likeness (QED) is 0.340. The van der Waals surface area contributed by atoms with Crippen LogP contribution in [0, 0.1) is 12.7 Å². The van der Waals surface area contributed by atoms with Gasteiger partial charge in [-0.3, -0.25) is 9.59 Å². The summed E-state index contributed by atoms with van der Waals surface area (Å²) in [6.45, 7) is 3.06. The summed E-state index contributed by atoms with van der Waals surface area (Å²) in [6, 6.07) is 2.17. The van der Waals surface area contributed by atoms with E-state index >= 15 is 0 Å². The fraction of sp³-hybridized carbons (Fsp3) is 0.429. The largest absolute Gasteiger partial charge is 0.458 e. The van der Waals surface area contributed by atoms with Crippen molar-refractivity contribution < 1.29 is 33.3 Å². The van der Waals surface area contributed by atoms with Gasteiger partial charge in [-0.15, -0.1) is 0 Å². The number of nitrogens with one attached hydrogen (secondary N) is 1. The molecule has 3 aliphatic rings. The van der Waals surface area contributed by atoms with Crippen LogP contribution in [0.2, 0.25) is 0 Å². The molecule has 1 amide bonds. The van der Waals surface area contributed by atoms with Crippen molar-refractivity contribution >= 4 is 22.8 Å². The Kier molecular flexibility index (Phi) is 5.51. The maximum Gasteiger partial charge on any atom is 0.343 e. The molecule has 2 aliphatic heterocycles. The number of rotatable bonds is 4. The van der Waals surface area contributed by atoms with Gasteiger partial charge in [0, 0.05) is 22.6 Å². The van der Waals surface area contributed by atoms with Crippen LogP contribution in [-0.2, 0) is 39.5 Å². The third-order valence-electron chi connectivity index (χ3n) is 8.45. The maximum atomic E-state index is 15.0. The van der Waals surface area contributed by atoms with E-state index < -0.39 is 47.2 Å². The molecule has 0 bridgehead atoms. The van der Waals surface area contributed by atoms with E-state index in [1.165, 1.54) is 10.6 Å². The number of aromatic nitrogens is 2. The molecular weight excluding hydrogens is 512 g/mol. The first-order valence-electron chi connectivity index (χ1n) is 12.8. The molecule has 3 N–H and O–H groups in total. The summed E-state index contributed by atoms with van der Waals surface area (Å²) in [4.78, 5) is 43.6. The lowest BCUT2D eigenvalue weighted by atomic mass is 9.81. The summed E-state index contributed by atoms with van der Waals surface area (Å²) in [5.41, 5.74) is -1.23. The average molecular weight is 540 g/mol. The number of cyclic esters (lactones) is 1. The van der Waals surface area contributed by atoms with Crippen molar-refractivity contribution in [1.82, 2.24) is 14.9 Å². The highest BCUT2D eigenvalue weighted by molar-refractivity contribution is 5.94. The van der Waals surface area contributed by atoms with Gasteiger partial charge in [0.05, 0.1) is 41.7 Å². The molecule has 4 heterocycles. The Morgan fingerprint density at radius 1 is 1.31 bits per heavy atom. The van der Waals surface area contributed by atoms with E-state index in [0.29, 0.717) is 51.8 Å². The van der Waals surface area contributed by atoms with Gasteiger partial charge in [-0.05, 0) is 55.9 Å². The highest BCUT2D eigenvalue weighted by atomic mass is 19.1. The Hall–Kier alpha value is -3.70. The lowest BCUT2D eigenvalue weighted by molar-refractivity contribution is -0.172. The smallest absolute Gasteiger partial charge is 0.343 e. The number of nitrogens with zero attached hydrogens (tertiary/aromatic N) is 2. The number of hydrogen-bond donors (Lipinski definition) is 3. The van der Waals surface area contributed by atoms with Gasteiger partial charge in [-0.1, -0.05) is 6.92 Å². The number of amides is 1. The van der Waals surface area contributed by atoms with Crippen LogP contribution in [0.25, 0.3) is 22.3 Å². The fourth-order valence-electron chi connectivity index (χ4n) is 6.08. The van der Waals surface area contributed by atoms with Crippen molar-refractivity contribution in [2.45, 2.75) is 70.5 Å². The van der Waals surface area contributed by atoms with E-state index in [2.05, 4.69) is 5.32 Å². The van der Waals surface area contributed by atoms with Gasteiger partial charge >= 0.3 is 5.97 Å². The molecule has 3 atom stereocenters. The second-order valence-electron chi connectivity index (χ2n) is 10.7. The first kappa shape index (κ1) is 25.6. The highest BCUT2D eigenvalue weighted by Crippen LogP contribution is 2.46. The van der Waals surface area contributed by atoms with Crippen LogP contribution in [-0.4, -0.2) is 43.9 Å². The molecule has 11 heteroatoms. The number of pyridine rings is 2. The number of fused-ring (bicyclic) bond motifs is 5. The van der Waals surface area contributed by atoms with Crippen LogP contribution in [0.15, 0.2) is 16.9 Å².